The molecule has 6 aromatic rings. The zero-order chi connectivity index (χ0) is 27.5. The van der Waals surface area contributed by atoms with Crippen LogP contribution in [0.25, 0.3) is 38.1 Å². The molecule has 0 unspecified atom stereocenters. The molecule has 1 aliphatic rings. The highest BCUT2D eigenvalue weighted by Gasteiger charge is 2.27. The van der Waals surface area contributed by atoms with E-state index in [9.17, 15) is 9.59 Å². The Hall–Kier alpha value is -4.56. The van der Waals surface area contributed by atoms with E-state index in [0.29, 0.717) is 70.2 Å². The van der Waals surface area contributed by atoms with Crippen LogP contribution in [-0.4, -0.2) is 60.6 Å². The molecule has 1 amide bonds. The molecular formula is C31H25ClN4O4. The van der Waals surface area contributed by atoms with E-state index in [-0.39, 0.29) is 11.5 Å². The van der Waals surface area contributed by atoms with E-state index in [1.165, 1.54) is 14.2 Å². The van der Waals surface area contributed by atoms with Crippen molar-refractivity contribution in [1.82, 2.24) is 14.3 Å². The van der Waals surface area contributed by atoms with E-state index in [2.05, 4.69) is 4.90 Å². The molecule has 1 fully saturated rings. The normalized spacial score (nSPS) is 14.1. The Bertz CT molecular complexity index is 2010. The van der Waals surface area contributed by atoms with Crippen LogP contribution in [-0.2, 0) is 0 Å². The second kappa shape index (κ2) is 9.27. The molecule has 1 aliphatic heterocycles. The highest BCUT2D eigenvalue weighted by molar-refractivity contribution is 6.30. The van der Waals surface area contributed by atoms with Crippen LogP contribution in [0, 0.1) is 0 Å². The number of halogens is 1. The summed E-state index contributed by atoms with van der Waals surface area (Å²) < 4.78 is 12.8. The van der Waals surface area contributed by atoms with Crippen LogP contribution in [0.4, 0.5) is 5.69 Å². The number of hydrogen-bond donors (Lipinski definition) is 0. The fourth-order valence-corrected chi connectivity index (χ4v) is 6.13. The van der Waals surface area contributed by atoms with Gasteiger partial charge >= 0.3 is 0 Å². The molecule has 0 atom stereocenters. The van der Waals surface area contributed by atoms with Gasteiger partial charge in [0.25, 0.3) is 11.5 Å². The number of fused-ring (bicyclic) bond motifs is 5. The molecule has 40 heavy (non-hydrogen) atoms. The van der Waals surface area contributed by atoms with Crippen molar-refractivity contribution in [3.63, 3.8) is 0 Å². The van der Waals surface area contributed by atoms with Crippen molar-refractivity contribution in [3.05, 3.63) is 87.8 Å². The summed E-state index contributed by atoms with van der Waals surface area (Å²) in [5.74, 6) is 0.660. The number of carbonyl (C=O) groups is 1. The van der Waals surface area contributed by atoms with E-state index in [1.54, 1.807) is 10.5 Å². The minimum absolute atomic E-state index is 0.139. The number of carbonyl (C=O) groups excluding carboxylic acids is 1. The van der Waals surface area contributed by atoms with Crippen molar-refractivity contribution in [3.8, 4) is 11.5 Å². The van der Waals surface area contributed by atoms with Gasteiger partial charge in [0.05, 0.1) is 36.2 Å². The lowest BCUT2D eigenvalue weighted by molar-refractivity contribution is 0.0741. The number of pyridine rings is 2. The van der Waals surface area contributed by atoms with Gasteiger partial charge in [-0.2, -0.15) is 0 Å². The molecule has 200 valence electrons. The summed E-state index contributed by atoms with van der Waals surface area (Å²) in [6.07, 6.45) is 0. The molecule has 0 saturated carbocycles. The van der Waals surface area contributed by atoms with Crippen molar-refractivity contribution in [2.75, 3.05) is 45.3 Å². The summed E-state index contributed by atoms with van der Waals surface area (Å²) in [4.78, 5) is 36.8. The van der Waals surface area contributed by atoms with E-state index in [1.807, 2.05) is 65.6 Å². The van der Waals surface area contributed by atoms with Crippen LogP contribution in [0.2, 0.25) is 5.02 Å². The predicted octanol–water partition coefficient (Wildman–Crippen LogP) is 5.22. The molecule has 8 nitrogen and oxygen atoms in total. The smallest absolute Gasteiger partial charge is 0.272 e. The Morgan fingerprint density at radius 1 is 0.875 bits per heavy atom. The molecule has 4 heterocycles. The van der Waals surface area contributed by atoms with Crippen molar-refractivity contribution in [2.24, 2.45) is 0 Å². The first-order valence-corrected chi connectivity index (χ1v) is 13.4. The highest BCUT2D eigenvalue weighted by atomic mass is 35.5. The third kappa shape index (κ3) is 3.56. The van der Waals surface area contributed by atoms with Gasteiger partial charge in [0.1, 0.15) is 5.69 Å². The zero-order valence-electron chi connectivity index (χ0n) is 22.0. The molecule has 9 heteroatoms. The molecular weight excluding hydrogens is 528 g/mol. The molecule has 0 N–H and O–H groups in total. The number of amides is 1. The van der Waals surface area contributed by atoms with Gasteiger partial charge in [0.15, 0.2) is 11.5 Å². The molecule has 3 aromatic heterocycles. The summed E-state index contributed by atoms with van der Waals surface area (Å²) in [6.45, 7) is 2.49. The molecule has 0 radical (unpaired) electrons. The number of para-hydroxylation sites is 1. The van der Waals surface area contributed by atoms with Crippen molar-refractivity contribution < 1.29 is 14.3 Å². The average Bonchev–Trinajstić information content (AvgIpc) is 3.33. The van der Waals surface area contributed by atoms with Gasteiger partial charge in [-0.1, -0.05) is 35.9 Å². The molecule has 0 aliphatic carbocycles. The SMILES string of the molecule is COc1ccc2c(c1OC)c(=O)n1c3ccccc3c3cc(C(=O)N4CCN(c5cccc(Cl)c5)CC4)nc2c31. The quantitative estimate of drug-likeness (QED) is 0.279. The molecule has 0 bridgehead atoms. The summed E-state index contributed by atoms with van der Waals surface area (Å²) in [5, 5.41) is 3.37. The van der Waals surface area contributed by atoms with E-state index < -0.39 is 0 Å². The first-order chi connectivity index (χ1) is 19.5. The first-order valence-electron chi connectivity index (χ1n) is 13.0. The number of rotatable bonds is 4. The lowest BCUT2D eigenvalue weighted by atomic mass is 10.1. The number of piperazine rings is 1. The number of aromatic nitrogens is 2. The second-order valence-electron chi connectivity index (χ2n) is 9.89. The third-order valence-electron chi connectivity index (χ3n) is 7.83. The highest BCUT2D eigenvalue weighted by Crippen LogP contribution is 2.39. The number of nitrogens with zero attached hydrogens (tertiary/aromatic N) is 4. The fourth-order valence-electron chi connectivity index (χ4n) is 5.95. The maximum absolute atomic E-state index is 14.0. The summed E-state index contributed by atoms with van der Waals surface area (Å²) >= 11 is 6.19. The number of benzene rings is 3. The van der Waals surface area contributed by atoms with Crippen LogP contribution >= 0.6 is 11.6 Å². The van der Waals surface area contributed by atoms with Gasteiger partial charge in [0, 0.05) is 53.0 Å². The van der Waals surface area contributed by atoms with Crippen molar-refractivity contribution >= 4 is 61.3 Å². The average molecular weight is 553 g/mol. The van der Waals surface area contributed by atoms with Gasteiger partial charge < -0.3 is 19.3 Å². The Morgan fingerprint density at radius 3 is 2.42 bits per heavy atom. The first kappa shape index (κ1) is 24.5. The van der Waals surface area contributed by atoms with Crippen LogP contribution in [0.5, 0.6) is 11.5 Å². The lowest BCUT2D eigenvalue weighted by Crippen LogP contribution is -2.49. The largest absolute Gasteiger partial charge is 0.493 e. The Labute approximate surface area is 234 Å². The molecule has 3 aromatic carbocycles. The predicted molar refractivity (Wildman–Crippen MR) is 158 cm³/mol. The Kier molecular flexibility index (Phi) is 5.68. The number of anilines is 1. The van der Waals surface area contributed by atoms with Crippen LogP contribution in [0.3, 0.4) is 0 Å². The van der Waals surface area contributed by atoms with Gasteiger partial charge in [-0.05, 0) is 42.5 Å². The van der Waals surface area contributed by atoms with Crippen molar-refractivity contribution in [2.45, 2.75) is 0 Å². The third-order valence-corrected chi connectivity index (χ3v) is 8.06. The van der Waals surface area contributed by atoms with Crippen LogP contribution in [0.1, 0.15) is 10.5 Å². The number of ether oxygens (including phenoxy) is 2. The summed E-state index contributed by atoms with van der Waals surface area (Å²) in [5.41, 5.74) is 3.18. The van der Waals surface area contributed by atoms with E-state index in [4.69, 9.17) is 26.1 Å². The molecule has 7 rings (SSSR count). The summed E-state index contributed by atoms with van der Waals surface area (Å²) in [7, 11) is 3.05. The van der Waals surface area contributed by atoms with Crippen LogP contribution in [0.15, 0.2) is 71.5 Å². The zero-order valence-corrected chi connectivity index (χ0v) is 22.7. The molecule has 0 spiro atoms. The topological polar surface area (TPSA) is 76.4 Å². The Balaban J connectivity index is 1.39. The maximum atomic E-state index is 14.0. The second-order valence-corrected chi connectivity index (χ2v) is 10.3. The number of hydrogen-bond acceptors (Lipinski definition) is 6. The summed E-state index contributed by atoms with van der Waals surface area (Å²) in [6, 6.07) is 20.9. The lowest BCUT2D eigenvalue weighted by Gasteiger charge is -2.36. The number of methoxy groups -OCH3 is 2. The van der Waals surface area contributed by atoms with E-state index in [0.717, 1.165) is 22.0 Å². The van der Waals surface area contributed by atoms with Gasteiger partial charge in [0.2, 0.25) is 0 Å². The monoisotopic (exact) mass is 552 g/mol. The standard InChI is InChI=1S/C31H25ClN4O4/c1-39-25-11-10-21-26(29(25)40-2)31(38)36-24-9-4-3-8-20(24)22-17-23(33-27(21)28(22)36)30(37)35-14-12-34(13-15-35)19-7-5-6-18(32)16-19/h3-11,16-17H,12-15H2,1-2H3. The Morgan fingerprint density at radius 2 is 1.68 bits per heavy atom. The maximum Gasteiger partial charge on any atom is 0.272 e. The van der Waals surface area contributed by atoms with Gasteiger partial charge in [-0.15, -0.1) is 0 Å². The minimum Gasteiger partial charge on any atom is -0.493 e. The van der Waals surface area contributed by atoms with Gasteiger partial charge in [-0.3, -0.25) is 14.0 Å². The van der Waals surface area contributed by atoms with E-state index >= 15 is 0 Å². The molecule has 1 saturated heterocycles. The van der Waals surface area contributed by atoms with Gasteiger partial charge in [-0.25, -0.2) is 4.98 Å². The van der Waals surface area contributed by atoms with Crippen molar-refractivity contribution in [1.29, 1.82) is 0 Å². The fraction of sp³-hybridized carbons (Fsp3) is 0.194. The van der Waals surface area contributed by atoms with Crippen LogP contribution < -0.4 is 19.9 Å². The minimum atomic E-state index is -0.220.